The molecular weight excluding hydrogens is 245 g/mol. The first-order valence-electron chi connectivity index (χ1n) is 5.61. The number of nitrogens with one attached hydrogen (secondary N) is 1. The summed E-state index contributed by atoms with van der Waals surface area (Å²) in [4.78, 5) is 7.95. The molecule has 1 aromatic heterocycles. The standard InChI is InChI=1S/C11H15Cl2N3/c1-7-4-2-3-5-9(7)15-10-8(12)6-14-11(13)16-10/h6-7,9H,2-5H2,1H3,(H,14,15,16). The van der Waals surface area contributed by atoms with E-state index in [-0.39, 0.29) is 5.28 Å². The molecule has 1 N–H and O–H groups in total. The van der Waals surface area contributed by atoms with E-state index in [1.54, 1.807) is 0 Å². The highest BCUT2D eigenvalue weighted by molar-refractivity contribution is 6.33. The monoisotopic (exact) mass is 259 g/mol. The van der Waals surface area contributed by atoms with Crippen LogP contribution in [0, 0.1) is 5.92 Å². The quantitative estimate of drug-likeness (QED) is 0.822. The van der Waals surface area contributed by atoms with Crippen LogP contribution < -0.4 is 5.32 Å². The molecule has 1 aliphatic rings. The van der Waals surface area contributed by atoms with Crippen LogP contribution in [0.4, 0.5) is 5.82 Å². The lowest BCUT2D eigenvalue weighted by Gasteiger charge is -2.30. The van der Waals surface area contributed by atoms with Crippen LogP contribution in [0.5, 0.6) is 0 Å². The van der Waals surface area contributed by atoms with Gasteiger partial charge in [0.05, 0.1) is 6.20 Å². The third kappa shape index (κ3) is 2.77. The van der Waals surface area contributed by atoms with Crippen molar-refractivity contribution in [3.05, 3.63) is 16.5 Å². The van der Waals surface area contributed by atoms with E-state index < -0.39 is 0 Å². The second kappa shape index (κ2) is 5.19. The molecule has 16 heavy (non-hydrogen) atoms. The van der Waals surface area contributed by atoms with Gasteiger partial charge in [-0.15, -0.1) is 0 Å². The van der Waals surface area contributed by atoms with Gasteiger partial charge in [0.15, 0.2) is 0 Å². The molecule has 0 aromatic carbocycles. The van der Waals surface area contributed by atoms with Crippen molar-refractivity contribution >= 4 is 29.0 Å². The third-order valence-electron chi connectivity index (χ3n) is 3.15. The summed E-state index contributed by atoms with van der Waals surface area (Å²) < 4.78 is 0. The lowest BCUT2D eigenvalue weighted by molar-refractivity contribution is 0.349. The maximum absolute atomic E-state index is 6.02. The molecule has 2 rings (SSSR count). The van der Waals surface area contributed by atoms with E-state index in [1.165, 1.54) is 31.9 Å². The number of hydrogen-bond donors (Lipinski definition) is 1. The number of nitrogens with zero attached hydrogens (tertiary/aromatic N) is 2. The smallest absolute Gasteiger partial charge is 0.224 e. The van der Waals surface area contributed by atoms with Gasteiger partial charge in [0.25, 0.3) is 0 Å². The second-order valence-corrected chi connectivity index (χ2v) is 5.09. The summed E-state index contributed by atoms with van der Waals surface area (Å²) in [6.07, 6.45) is 6.54. The zero-order chi connectivity index (χ0) is 11.5. The fourth-order valence-electron chi connectivity index (χ4n) is 2.15. The van der Waals surface area contributed by atoms with Crippen molar-refractivity contribution in [2.75, 3.05) is 5.32 Å². The van der Waals surface area contributed by atoms with Crippen LogP contribution in [0.15, 0.2) is 6.20 Å². The minimum absolute atomic E-state index is 0.232. The van der Waals surface area contributed by atoms with Gasteiger partial charge in [-0.25, -0.2) is 4.98 Å². The van der Waals surface area contributed by atoms with Crippen molar-refractivity contribution in [2.45, 2.75) is 38.6 Å². The van der Waals surface area contributed by atoms with Crippen LogP contribution in [-0.4, -0.2) is 16.0 Å². The van der Waals surface area contributed by atoms with E-state index in [4.69, 9.17) is 23.2 Å². The predicted octanol–water partition coefficient (Wildman–Crippen LogP) is 3.77. The van der Waals surface area contributed by atoms with Gasteiger partial charge in [0, 0.05) is 6.04 Å². The Morgan fingerprint density at radius 3 is 2.81 bits per heavy atom. The fourth-order valence-corrected chi connectivity index (χ4v) is 2.43. The highest BCUT2D eigenvalue weighted by atomic mass is 35.5. The zero-order valence-electron chi connectivity index (χ0n) is 9.21. The maximum atomic E-state index is 6.02. The van der Waals surface area contributed by atoms with E-state index in [1.807, 2.05) is 0 Å². The highest BCUT2D eigenvalue weighted by Crippen LogP contribution is 2.28. The molecule has 1 heterocycles. The molecule has 5 heteroatoms. The number of hydrogen-bond acceptors (Lipinski definition) is 3. The van der Waals surface area contributed by atoms with Crippen LogP contribution in [0.2, 0.25) is 10.3 Å². The Kier molecular flexibility index (Phi) is 3.87. The third-order valence-corrected chi connectivity index (χ3v) is 3.61. The van der Waals surface area contributed by atoms with Crippen molar-refractivity contribution in [3.63, 3.8) is 0 Å². The second-order valence-electron chi connectivity index (χ2n) is 4.35. The van der Waals surface area contributed by atoms with E-state index in [9.17, 15) is 0 Å². The number of halogens is 2. The summed E-state index contributed by atoms with van der Waals surface area (Å²) in [6, 6.07) is 0.442. The van der Waals surface area contributed by atoms with Gasteiger partial charge in [-0.05, 0) is 30.4 Å². The van der Waals surface area contributed by atoms with Crippen LogP contribution >= 0.6 is 23.2 Å². The summed E-state index contributed by atoms with van der Waals surface area (Å²) in [5.41, 5.74) is 0. The molecule has 3 nitrogen and oxygen atoms in total. The van der Waals surface area contributed by atoms with E-state index in [0.717, 1.165) is 0 Å². The minimum Gasteiger partial charge on any atom is -0.366 e. The van der Waals surface area contributed by atoms with Crippen molar-refractivity contribution in [3.8, 4) is 0 Å². The summed E-state index contributed by atoms with van der Waals surface area (Å²) in [6.45, 7) is 2.26. The fraction of sp³-hybridized carbons (Fsp3) is 0.636. The Morgan fingerprint density at radius 2 is 2.06 bits per heavy atom. The van der Waals surface area contributed by atoms with Crippen molar-refractivity contribution in [2.24, 2.45) is 5.92 Å². The van der Waals surface area contributed by atoms with E-state index in [2.05, 4.69) is 22.2 Å². The van der Waals surface area contributed by atoms with Gasteiger partial charge in [0.2, 0.25) is 5.28 Å². The molecule has 0 spiro atoms. The van der Waals surface area contributed by atoms with Gasteiger partial charge < -0.3 is 5.32 Å². The molecule has 0 bridgehead atoms. The summed E-state index contributed by atoms with van der Waals surface area (Å²) in [7, 11) is 0. The van der Waals surface area contributed by atoms with Gasteiger partial charge in [-0.3, -0.25) is 0 Å². The lowest BCUT2D eigenvalue weighted by atomic mass is 9.86. The van der Waals surface area contributed by atoms with Gasteiger partial charge >= 0.3 is 0 Å². The van der Waals surface area contributed by atoms with Gasteiger partial charge in [-0.1, -0.05) is 31.4 Å². The Hall–Kier alpha value is -0.540. The number of anilines is 1. The molecule has 0 radical (unpaired) electrons. The molecule has 88 valence electrons. The van der Waals surface area contributed by atoms with Crippen molar-refractivity contribution in [1.82, 2.24) is 9.97 Å². The van der Waals surface area contributed by atoms with Crippen LogP contribution in [0.1, 0.15) is 32.6 Å². The molecule has 0 amide bonds. The molecule has 0 saturated heterocycles. The van der Waals surface area contributed by atoms with Crippen LogP contribution in [0.3, 0.4) is 0 Å². The topological polar surface area (TPSA) is 37.8 Å². The average Bonchev–Trinajstić information content (AvgIpc) is 2.27. The Labute approximate surface area is 106 Å². The van der Waals surface area contributed by atoms with E-state index >= 15 is 0 Å². The average molecular weight is 260 g/mol. The van der Waals surface area contributed by atoms with Crippen LogP contribution in [-0.2, 0) is 0 Å². The maximum Gasteiger partial charge on any atom is 0.224 e. The molecule has 1 aliphatic carbocycles. The van der Waals surface area contributed by atoms with Crippen molar-refractivity contribution < 1.29 is 0 Å². The summed E-state index contributed by atoms with van der Waals surface area (Å²) in [5.74, 6) is 1.30. The minimum atomic E-state index is 0.232. The molecule has 2 atom stereocenters. The Bertz CT molecular complexity index is 370. The summed E-state index contributed by atoms with van der Waals surface area (Å²) >= 11 is 11.8. The largest absolute Gasteiger partial charge is 0.366 e. The van der Waals surface area contributed by atoms with Crippen LogP contribution in [0.25, 0.3) is 0 Å². The normalized spacial score (nSPS) is 25.4. The zero-order valence-corrected chi connectivity index (χ0v) is 10.7. The van der Waals surface area contributed by atoms with Gasteiger partial charge in [0.1, 0.15) is 10.8 Å². The SMILES string of the molecule is CC1CCCCC1Nc1nc(Cl)ncc1Cl. The molecule has 0 aliphatic heterocycles. The number of aromatic nitrogens is 2. The molecule has 1 fully saturated rings. The molecule has 1 aromatic rings. The molecular formula is C11H15Cl2N3. The predicted molar refractivity (Wildman–Crippen MR) is 67.1 cm³/mol. The Morgan fingerprint density at radius 1 is 1.31 bits per heavy atom. The van der Waals surface area contributed by atoms with E-state index in [0.29, 0.717) is 22.8 Å². The number of rotatable bonds is 2. The van der Waals surface area contributed by atoms with Gasteiger partial charge in [-0.2, -0.15) is 4.98 Å². The highest BCUT2D eigenvalue weighted by Gasteiger charge is 2.22. The van der Waals surface area contributed by atoms with Crippen molar-refractivity contribution in [1.29, 1.82) is 0 Å². The summed E-state index contributed by atoms with van der Waals surface area (Å²) in [5, 5.41) is 4.13. The first kappa shape index (κ1) is 11.9. The first-order valence-corrected chi connectivity index (χ1v) is 6.37. The lowest BCUT2D eigenvalue weighted by Crippen LogP contribution is -2.30. The Balaban J connectivity index is 2.10. The molecule has 1 saturated carbocycles. The first-order chi connectivity index (χ1) is 7.66. The molecule has 2 unspecified atom stereocenters.